The Morgan fingerprint density at radius 3 is 2.78 bits per heavy atom. The second kappa shape index (κ2) is 6.16. The molecule has 1 saturated heterocycles. The fourth-order valence-electron chi connectivity index (χ4n) is 2.44. The highest BCUT2D eigenvalue weighted by Gasteiger charge is 2.25. The molecule has 1 aromatic heterocycles. The summed E-state index contributed by atoms with van der Waals surface area (Å²) in [4.78, 5) is 4.28. The third kappa shape index (κ3) is 3.68. The Morgan fingerprint density at radius 2 is 2.11 bits per heavy atom. The lowest BCUT2D eigenvalue weighted by atomic mass is 10.0. The van der Waals surface area contributed by atoms with Gasteiger partial charge in [0, 0.05) is 31.6 Å². The zero-order valence-corrected chi connectivity index (χ0v) is 11.3. The number of hydrogen-bond donors (Lipinski definition) is 1. The Kier molecular flexibility index (Phi) is 4.55. The monoisotopic (exact) mass is 250 g/mol. The summed E-state index contributed by atoms with van der Waals surface area (Å²) < 4.78 is 11.7. The van der Waals surface area contributed by atoms with Crippen LogP contribution in [0.25, 0.3) is 0 Å². The highest BCUT2D eigenvalue weighted by atomic mass is 16.5. The van der Waals surface area contributed by atoms with Crippen LogP contribution < -0.4 is 10.1 Å². The summed E-state index contributed by atoms with van der Waals surface area (Å²) in [5, 5.41) is 3.09. The highest BCUT2D eigenvalue weighted by Crippen LogP contribution is 2.24. The summed E-state index contributed by atoms with van der Waals surface area (Å²) in [7, 11) is 1.91. The Labute approximate surface area is 109 Å². The minimum absolute atomic E-state index is 0.244. The van der Waals surface area contributed by atoms with E-state index in [0.29, 0.717) is 0 Å². The molecule has 2 heterocycles. The van der Waals surface area contributed by atoms with Gasteiger partial charge in [-0.15, -0.1) is 0 Å². The molecule has 2 rings (SSSR count). The van der Waals surface area contributed by atoms with Crippen LogP contribution in [0.3, 0.4) is 0 Å². The fourth-order valence-corrected chi connectivity index (χ4v) is 2.44. The van der Waals surface area contributed by atoms with Gasteiger partial charge in [0.25, 0.3) is 0 Å². The van der Waals surface area contributed by atoms with E-state index in [0.717, 1.165) is 30.8 Å². The van der Waals surface area contributed by atoms with Crippen LogP contribution in [0.4, 0.5) is 0 Å². The molecular weight excluding hydrogens is 228 g/mol. The molecule has 1 aliphatic heterocycles. The van der Waals surface area contributed by atoms with Crippen molar-refractivity contribution in [2.45, 2.75) is 51.5 Å². The van der Waals surface area contributed by atoms with Crippen LogP contribution in [0.2, 0.25) is 0 Å². The van der Waals surface area contributed by atoms with E-state index in [9.17, 15) is 0 Å². The second-order valence-electron chi connectivity index (χ2n) is 4.98. The van der Waals surface area contributed by atoms with Crippen molar-refractivity contribution in [2.24, 2.45) is 0 Å². The van der Waals surface area contributed by atoms with Crippen molar-refractivity contribution >= 4 is 0 Å². The van der Waals surface area contributed by atoms with E-state index in [-0.39, 0.29) is 18.3 Å². The lowest BCUT2D eigenvalue weighted by molar-refractivity contribution is -0.0721. The molecule has 0 amide bonds. The first kappa shape index (κ1) is 13.3. The third-order valence-corrected chi connectivity index (χ3v) is 3.10. The van der Waals surface area contributed by atoms with E-state index < -0.39 is 0 Å². The molecule has 1 aliphatic rings. The van der Waals surface area contributed by atoms with Crippen molar-refractivity contribution in [1.29, 1.82) is 0 Å². The molecule has 100 valence electrons. The number of pyridine rings is 1. The van der Waals surface area contributed by atoms with Gasteiger partial charge in [0.1, 0.15) is 11.9 Å². The summed E-state index contributed by atoms with van der Waals surface area (Å²) in [6.45, 7) is 4.97. The van der Waals surface area contributed by atoms with E-state index in [1.54, 1.807) is 6.20 Å². The molecule has 0 aromatic carbocycles. The lowest BCUT2D eigenvalue weighted by Crippen LogP contribution is -2.35. The van der Waals surface area contributed by atoms with Crippen molar-refractivity contribution in [3.05, 3.63) is 24.0 Å². The van der Waals surface area contributed by atoms with Crippen molar-refractivity contribution < 1.29 is 9.47 Å². The first-order valence-electron chi connectivity index (χ1n) is 6.59. The number of hydrogen-bond acceptors (Lipinski definition) is 4. The molecule has 1 N–H and O–H groups in total. The maximum atomic E-state index is 6.04. The molecule has 18 heavy (non-hydrogen) atoms. The summed E-state index contributed by atoms with van der Waals surface area (Å²) in [5.41, 5.74) is 1.00. The number of rotatable bonds is 4. The molecule has 0 radical (unpaired) electrons. The molecule has 0 saturated carbocycles. The molecule has 0 spiro atoms. The quantitative estimate of drug-likeness (QED) is 0.889. The van der Waals surface area contributed by atoms with E-state index in [2.05, 4.69) is 24.1 Å². The van der Waals surface area contributed by atoms with Gasteiger partial charge in [-0.1, -0.05) is 0 Å². The van der Waals surface area contributed by atoms with Crippen molar-refractivity contribution in [3.8, 4) is 5.75 Å². The van der Waals surface area contributed by atoms with Gasteiger partial charge in [-0.05, 0) is 27.0 Å². The Hall–Kier alpha value is -1.13. The average Bonchev–Trinajstić information content (AvgIpc) is 2.28. The summed E-state index contributed by atoms with van der Waals surface area (Å²) >= 11 is 0. The van der Waals surface area contributed by atoms with Crippen LogP contribution in [-0.2, 0) is 11.3 Å². The first-order chi connectivity index (χ1) is 8.67. The summed E-state index contributed by atoms with van der Waals surface area (Å²) in [6.07, 6.45) is 4.50. The van der Waals surface area contributed by atoms with Gasteiger partial charge in [0.05, 0.1) is 17.9 Å². The van der Waals surface area contributed by atoms with Gasteiger partial charge in [0.2, 0.25) is 0 Å². The third-order valence-electron chi connectivity index (χ3n) is 3.10. The first-order valence-corrected chi connectivity index (χ1v) is 6.59. The highest BCUT2D eigenvalue weighted by molar-refractivity contribution is 5.23. The lowest BCUT2D eigenvalue weighted by Gasteiger charge is -2.32. The molecule has 2 unspecified atom stereocenters. The van der Waals surface area contributed by atoms with Gasteiger partial charge >= 0.3 is 0 Å². The Morgan fingerprint density at radius 1 is 1.39 bits per heavy atom. The predicted molar refractivity (Wildman–Crippen MR) is 70.7 cm³/mol. The predicted octanol–water partition coefficient (Wildman–Crippen LogP) is 2.14. The van der Waals surface area contributed by atoms with Crippen LogP contribution >= 0.6 is 0 Å². The molecular formula is C14H22N2O2. The van der Waals surface area contributed by atoms with Crippen LogP contribution in [0.1, 0.15) is 32.4 Å². The minimum atomic E-state index is 0.244. The molecule has 0 bridgehead atoms. The van der Waals surface area contributed by atoms with Crippen molar-refractivity contribution in [3.63, 3.8) is 0 Å². The molecule has 2 atom stereocenters. The van der Waals surface area contributed by atoms with E-state index in [1.165, 1.54) is 0 Å². The van der Waals surface area contributed by atoms with E-state index >= 15 is 0 Å². The Bertz CT molecular complexity index is 374. The van der Waals surface area contributed by atoms with Crippen LogP contribution in [0, 0.1) is 0 Å². The van der Waals surface area contributed by atoms with Gasteiger partial charge in [-0.3, -0.25) is 4.98 Å². The maximum absolute atomic E-state index is 6.04. The fraction of sp³-hybridized carbons (Fsp3) is 0.643. The summed E-state index contributed by atoms with van der Waals surface area (Å²) in [5.74, 6) is 0.904. The smallest absolute Gasteiger partial charge is 0.123 e. The molecule has 4 heteroatoms. The van der Waals surface area contributed by atoms with Gasteiger partial charge in [-0.25, -0.2) is 0 Å². The van der Waals surface area contributed by atoms with E-state index in [1.807, 2.05) is 19.2 Å². The summed E-state index contributed by atoms with van der Waals surface area (Å²) in [6, 6.07) is 3.92. The number of ether oxygens (including phenoxy) is 2. The van der Waals surface area contributed by atoms with Crippen LogP contribution in [0.15, 0.2) is 18.3 Å². The maximum Gasteiger partial charge on any atom is 0.123 e. The standard InChI is InChI=1S/C14H22N2O2/c1-10-6-14(7-11(2)17-10)18-13-4-5-16-12(8-13)9-15-3/h4-5,8,10-11,14-15H,6-7,9H2,1-3H3. The molecule has 1 aromatic rings. The largest absolute Gasteiger partial charge is 0.490 e. The topological polar surface area (TPSA) is 43.4 Å². The van der Waals surface area contributed by atoms with Gasteiger partial charge in [0.15, 0.2) is 0 Å². The van der Waals surface area contributed by atoms with Crippen LogP contribution in [-0.4, -0.2) is 30.3 Å². The van der Waals surface area contributed by atoms with Crippen LogP contribution in [0.5, 0.6) is 5.75 Å². The molecule has 4 nitrogen and oxygen atoms in total. The normalized spacial score (nSPS) is 28.1. The zero-order valence-electron chi connectivity index (χ0n) is 11.3. The van der Waals surface area contributed by atoms with Crippen molar-refractivity contribution in [2.75, 3.05) is 7.05 Å². The average molecular weight is 250 g/mol. The number of nitrogens with zero attached hydrogens (tertiary/aromatic N) is 1. The van der Waals surface area contributed by atoms with Gasteiger partial charge < -0.3 is 14.8 Å². The molecule has 1 fully saturated rings. The molecule has 0 aliphatic carbocycles. The SMILES string of the molecule is CNCc1cc(OC2CC(C)OC(C)C2)ccn1. The Balaban J connectivity index is 1.97. The number of aromatic nitrogens is 1. The minimum Gasteiger partial charge on any atom is -0.490 e. The van der Waals surface area contributed by atoms with Crippen molar-refractivity contribution in [1.82, 2.24) is 10.3 Å². The second-order valence-corrected chi connectivity index (χ2v) is 4.98. The van der Waals surface area contributed by atoms with Gasteiger partial charge in [-0.2, -0.15) is 0 Å². The zero-order chi connectivity index (χ0) is 13.0. The van der Waals surface area contributed by atoms with E-state index in [4.69, 9.17) is 9.47 Å². The number of nitrogens with one attached hydrogen (secondary N) is 1.